The lowest BCUT2D eigenvalue weighted by Crippen LogP contribution is -2.44. The lowest BCUT2D eigenvalue weighted by molar-refractivity contribution is -0.140. The van der Waals surface area contributed by atoms with Crippen LogP contribution in [0.25, 0.3) is 0 Å². The molecule has 3 rings (SSSR count). The van der Waals surface area contributed by atoms with Gasteiger partial charge < -0.3 is 9.67 Å². The molecule has 0 amide bonds. The summed E-state index contributed by atoms with van der Waals surface area (Å²) in [7, 11) is 0. The van der Waals surface area contributed by atoms with Gasteiger partial charge in [0.05, 0.1) is 5.54 Å². The average molecular weight is 192 g/mol. The van der Waals surface area contributed by atoms with E-state index in [0.717, 1.165) is 25.1 Å². The van der Waals surface area contributed by atoms with Crippen LogP contribution in [0.5, 0.6) is 0 Å². The molecule has 1 fully saturated rings. The predicted octanol–water partition coefficient (Wildman–Crippen LogP) is 0.706. The summed E-state index contributed by atoms with van der Waals surface area (Å²) in [4.78, 5) is 11.0. The molecule has 0 saturated heterocycles. The van der Waals surface area contributed by atoms with Gasteiger partial charge in [0.25, 0.3) is 0 Å². The highest BCUT2D eigenvalue weighted by Crippen LogP contribution is 2.47. The van der Waals surface area contributed by atoms with Gasteiger partial charge in [-0.1, -0.05) is 0 Å². The zero-order valence-electron chi connectivity index (χ0n) is 7.73. The van der Waals surface area contributed by atoms with Gasteiger partial charge in [-0.2, -0.15) is 0 Å². The first-order valence-electron chi connectivity index (χ1n) is 4.87. The van der Waals surface area contributed by atoms with Crippen molar-refractivity contribution in [3.05, 3.63) is 24.0 Å². The first kappa shape index (κ1) is 8.05. The van der Waals surface area contributed by atoms with Crippen molar-refractivity contribution in [2.45, 2.75) is 24.4 Å². The van der Waals surface area contributed by atoms with E-state index in [1.54, 1.807) is 0 Å². The van der Waals surface area contributed by atoms with Crippen LogP contribution in [-0.4, -0.2) is 22.2 Å². The minimum atomic E-state index is -0.791. The summed E-state index contributed by atoms with van der Waals surface area (Å²) in [6, 6.07) is 3.29. The van der Waals surface area contributed by atoms with Crippen molar-refractivity contribution in [1.29, 1.82) is 0 Å². The van der Waals surface area contributed by atoms with Crippen molar-refractivity contribution >= 4 is 5.97 Å². The van der Waals surface area contributed by atoms with Gasteiger partial charge in [0, 0.05) is 18.4 Å². The third kappa shape index (κ3) is 0.889. The van der Waals surface area contributed by atoms with Gasteiger partial charge in [0.1, 0.15) is 6.04 Å². The van der Waals surface area contributed by atoms with Gasteiger partial charge in [-0.15, -0.1) is 0 Å². The fraction of sp³-hybridized carbons (Fsp3) is 0.500. The molecule has 0 radical (unpaired) electrons. The largest absolute Gasteiger partial charge is 0.480 e. The maximum Gasteiger partial charge on any atom is 0.326 e. The van der Waals surface area contributed by atoms with E-state index < -0.39 is 12.0 Å². The molecule has 2 N–H and O–H groups in total. The summed E-state index contributed by atoms with van der Waals surface area (Å²) in [5.74, 6) is -0.791. The summed E-state index contributed by atoms with van der Waals surface area (Å²) >= 11 is 0. The van der Waals surface area contributed by atoms with Crippen molar-refractivity contribution in [1.82, 2.24) is 9.88 Å². The molecule has 1 atom stereocenters. The van der Waals surface area contributed by atoms with Gasteiger partial charge in [0.2, 0.25) is 0 Å². The first-order valence-corrected chi connectivity index (χ1v) is 4.87. The molecule has 14 heavy (non-hydrogen) atoms. The molecule has 1 spiro atoms. The molecule has 1 aliphatic carbocycles. The lowest BCUT2D eigenvalue weighted by Gasteiger charge is -2.31. The SMILES string of the molecule is O=C(O)C1NCC2(CC2)n2cccc21. The normalized spacial score (nSPS) is 27.3. The second-order valence-corrected chi connectivity index (χ2v) is 4.18. The third-order valence-electron chi connectivity index (χ3n) is 3.30. The Balaban J connectivity index is 2.08. The van der Waals surface area contributed by atoms with Crippen LogP contribution in [-0.2, 0) is 10.3 Å². The maximum absolute atomic E-state index is 11.0. The van der Waals surface area contributed by atoms with E-state index in [1.807, 2.05) is 18.3 Å². The Morgan fingerprint density at radius 2 is 2.43 bits per heavy atom. The highest BCUT2D eigenvalue weighted by molar-refractivity contribution is 5.75. The molecule has 4 heteroatoms. The summed E-state index contributed by atoms with van der Waals surface area (Å²) in [5.41, 5.74) is 1.09. The second kappa shape index (κ2) is 2.39. The number of fused-ring (bicyclic) bond motifs is 2. The van der Waals surface area contributed by atoms with E-state index in [2.05, 4.69) is 9.88 Å². The molecule has 0 bridgehead atoms. The van der Waals surface area contributed by atoms with Crippen LogP contribution in [0.15, 0.2) is 18.3 Å². The van der Waals surface area contributed by atoms with E-state index in [9.17, 15) is 4.79 Å². The number of carbonyl (C=O) groups is 1. The second-order valence-electron chi connectivity index (χ2n) is 4.18. The van der Waals surface area contributed by atoms with Crippen molar-refractivity contribution < 1.29 is 9.90 Å². The molecule has 1 aromatic heterocycles. The Hall–Kier alpha value is -1.29. The van der Waals surface area contributed by atoms with Crippen LogP contribution in [0.2, 0.25) is 0 Å². The van der Waals surface area contributed by atoms with E-state index >= 15 is 0 Å². The highest BCUT2D eigenvalue weighted by Gasteiger charge is 2.49. The number of carboxylic acids is 1. The number of nitrogens with one attached hydrogen (secondary N) is 1. The van der Waals surface area contributed by atoms with E-state index in [0.29, 0.717) is 0 Å². The standard InChI is InChI=1S/C10H12N2O2/c13-9(14)8-7-2-1-5-12(7)10(3-4-10)6-11-8/h1-2,5,8,11H,3-4,6H2,(H,13,14). The summed E-state index contributed by atoms with van der Waals surface area (Å²) < 4.78 is 2.14. The Labute approximate surface area is 81.5 Å². The molecule has 1 aromatic rings. The number of hydrogen-bond acceptors (Lipinski definition) is 2. The van der Waals surface area contributed by atoms with Gasteiger partial charge in [-0.25, -0.2) is 0 Å². The first-order chi connectivity index (χ1) is 6.73. The van der Waals surface area contributed by atoms with Crippen LogP contribution in [0.4, 0.5) is 0 Å². The van der Waals surface area contributed by atoms with E-state index in [-0.39, 0.29) is 5.54 Å². The topological polar surface area (TPSA) is 54.3 Å². The number of hydrogen-bond donors (Lipinski definition) is 2. The smallest absolute Gasteiger partial charge is 0.326 e. The lowest BCUT2D eigenvalue weighted by atomic mass is 10.1. The molecule has 1 aliphatic heterocycles. The Bertz CT molecular complexity index is 393. The summed E-state index contributed by atoms with van der Waals surface area (Å²) in [5, 5.41) is 12.1. The Morgan fingerprint density at radius 3 is 3.07 bits per heavy atom. The molecule has 74 valence electrons. The minimum absolute atomic E-state index is 0.199. The molecule has 0 aromatic carbocycles. The third-order valence-corrected chi connectivity index (χ3v) is 3.30. The van der Waals surface area contributed by atoms with Gasteiger partial charge >= 0.3 is 5.97 Å². The minimum Gasteiger partial charge on any atom is -0.480 e. The molecule has 2 aliphatic rings. The summed E-state index contributed by atoms with van der Waals surface area (Å²) in [6.45, 7) is 0.783. The Morgan fingerprint density at radius 1 is 1.64 bits per heavy atom. The Kier molecular flexibility index (Phi) is 1.37. The van der Waals surface area contributed by atoms with Crippen molar-refractivity contribution in [2.24, 2.45) is 0 Å². The fourth-order valence-electron chi connectivity index (χ4n) is 2.32. The number of aromatic nitrogens is 1. The number of aliphatic carboxylic acids is 1. The van der Waals surface area contributed by atoms with Crippen molar-refractivity contribution in [3.8, 4) is 0 Å². The van der Waals surface area contributed by atoms with Gasteiger partial charge in [-0.05, 0) is 25.0 Å². The molecule has 4 nitrogen and oxygen atoms in total. The molecule has 2 heterocycles. The quantitative estimate of drug-likeness (QED) is 0.689. The molecular formula is C10H12N2O2. The number of carboxylic acid groups (broad SMARTS) is 1. The molecule has 1 unspecified atom stereocenters. The van der Waals surface area contributed by atoms with Crippen LogP contribution in [0.3, 0.4) is 0 Å². The van der Waals surface area contributed by atoms with Crippen LogP contribution < -0.4 is 5.32 Å². The highest BCUT2D eigenvalue weighted by atomic mass is 16.4. The number of nitrogens with zero attached hydrogens (tertiary/aromatic N) is 1. The maximum atomic E-state index is 11.0. The average Bonchev–Trinajstić information content (AvgIpc) is 2.75. The van der Waals surface area contributed by atoms with Gasteiger partial charge in [-0.3, -0.25) is 10.1 Å². The predicted molar refractivity (Wildman–Crippen MR) is 50.0 cm³/mol. The van der Waals surface area contributed by atoms with Crippen LogP contribution in [0, 0.1) is 0 Å². The van der Waals surface area contributed by atoms with Crippen LogP contribution in [0.1, 0.15) is 24.6 Å². The van der Waals surface area contributed by atoms with Crippen molar-refractivity contribution in [2.75, 3.05) is 6.54 Å². The van der Waals surface area contributed by atoms with E-state index in [1.165, 1.54) is 0 Å². The zero-order valence-corrected chi connectivity index (χ0v) is 7.73. The number of rotatable bonds is 1. The zero-order chi connectivity index (χ0) is 9.76. The van der Waals surface area contributed by atoms with Gasteiger partial charge in [0.15, 0.2) is 0 Å². The monoisotopic (exact) mass is 192 g/mol. The van der Waals surface area contributed by atoms with E-state index in [4.69, 9.17) is 5.11 Å². The van der Waals surface area contributed by atoms with Crippen LogP contribution >= 0.6 is 0 Å². The summed E-state index contributed by atoms with van der Waals surface area (Å²) in [6.07, 6.45) is 4.32. The fourth-order valence-corrected chi connectivity index (χ4v) is 2.32. The molecule has 1 saturated carbocycles. The van der Waals surface area contributed by atoms with Crippen molar-refractivity contribution in [3.63, 3.8) is 0 Å². The molecular weight excluding hydrogens is 180 g/mol.